The Hall–Kier alpha value is -3.60. The van der Waals surface area contributed by atoms with Crippen molar-refractivity contribution in [2.75, 3.05) is 13.7 Å². The molecule has 0 bridgehead atoms. The molecule has 3 aromatic carbocycles. The van der Waals surface area contributed by atoms with Crippen LogP contribution < -0.4 is 10.1 Å². The van der Waals surface area contributed by atoms with Crippen LogP contribution in [0.3, 0.4) is 0 Å². The van der Waals surface area contributed by atoms with E-state index in [1.54, 1.807) is 7.11 Å². The first-order valence-electron chi connectivity index (χ1n) is 11.0. The monoisotopic (exact) mass is 427 g/mol. The minimum Gasteiger partial charge on any atom is -0.496 e. The Morgan fingerprint density at radius 2 is 1.69 bits per heavy atom. The first-order chi connectivity index (χ1) is 15.7. The number of ether oxygens (including phenoxy) is 1. The summed E-state index contributed by atoms with van der Waals surface area (Å²) in [5.74, 6) is 1.95. The average molecular weight is 428 g/mol. The molecule has 0 aliphatic heterocycles. The molecule has 5 nitrogen and oxygen atoms in total. The molecule has 0 unspecified atom stereocenters. The van der Waals surface area contributed by atoms with Gasteiger partial charge < -0.3 is 14.6 Å². The zero-order valence-corrected chi connectivity index (χ0v) is 18.7. The lowest BCUT2D eigenvalue weighted by molar-refractivity contribution is -0.120. The van der Waals surface area contributed by atoms with Gasteiger partial charge in [-0.1, -0.05) is 54.6 Å². The van der Waals surface area contributed by atoms with Crippen LogP contribution in [-0.2, 0) is 24.2 Å². The molecule has 0 aliphatic carbocycles. The molecule has 5 heteroatoms. The Bertz CT molecular complexity index is 1210. The number of methoxy groups -OCH3 is 1. The maximum atomic E-state index is 12.3. The summed E-state index contributed by atoms with van der Waals surface area (Å²) in [6, 6.07) is 24.3. The van der Waals surface area contributed by atoms with Gasteiger partial charge in [0.05, 0.1) is 31.1 Å². The molecule has 32 heavy (non-hydrogen) atoms. The normalized spacial score (nSPS) is 10.9. The van der Waals surface area contributed by atoms with Crippen LogP contribution in [0.1, 0.15) is 28.9 Å². The van der Waals surface area contributed by atoms with Crippen LogP contribution in [0.2, 0.25) is 0 Å². The molecule has 1 aromatic heterocycles. The van der Waals surface area contributed by atoms with E-state index in [9.17, 15) is 4.79 Å². The fourth-order valence-corrected chi connectivity index (χ4v) is 4.01. The number of amides is 1. The molecule has 0 atom stereocenters. The maximum Gasteiger partial charge on any atom is 0.224 e. The van der Waals surface area contributed by atoms with Crippen LogP contribution >= 0.6 is 0 Å². The number of hydrogen-bond donors (Lipinski definition) is 1. The van der Waals surface area contributed by atoms with Crippen LogP contribution in [0, 0.1) is 6.92 Å². The number of benzene rings is 3. The van der Waals surface area contributed by atoms with Crippen molar-refractivity contribution in [3.63, 3.8) is 0 Å². The third-order valence-electron chi connectivity index (χ3n) is 5.77. The number of aryl methyl sites for hydroxylation is 2. The van der Waals surface area contributed by atoms with E-state index in [1.807, 2.05) is 67.6 Å². The molecule has 164 valence electrons. The lowest BCUT2D eigenvalue weighted by atomic mass is 10.1. The lowest BCUT2D eigenvalue weighted by Gasteiger charge is -2.13. The van der Waals surface area contributed by atoms with Crippen molar-refractivity contribution in [1.82, 2.24) is 14.9 Å². The summed E-state index contributed by atoms with van der Waals surface area (Å²) < 4.78 is 7.80. The Morgan fingerprint density at radius 1 is 0.969 bits per heavy atom. The lowest BCUT2D eigenvalue weighted by Crippen LogP contribution is -2.26. The van der Waals surface area contributed by atoms with Crippen molar-refractivity contribution >= 4 is 16.9 Å². The zero-order valence-electron chi connectivity index (χ0n) is 18.7. The highest BCUT2D eigenvalue weighted by molar-refractivity contribution is 5.79. The second-order valence-electron chi connectivity index (χ2n) is 7.97. The van der Waals surface area contributed by atoms with E-state index in [2.05, 4.69) is 22.0 Å². The van der Waals surface area contributed by atoms with E-state index in [0.717, 1.165) is 52.1 Å². The van der Waals surface area contributed by atoms with E-state index < -0.39 is 0 Å². The summed E-state index contributed by atoms with van der Waals surface area (Å²) in [6.07, 6.45) is 2.03. The second kappa shape index (κ2) is 10.1. The molecule has 0 spiro atoms. The van der Waals surface area contributed by atoms with E-state index in [-0.39, 0.29) is 5.91 Å². The largest absolute Gasteiger partial charge is 0.496 e. The number of imidazole rings is 1. The van der Waals surface area contributed by atoms with Gasteiger partial charge in [0, 0.05) is 18.5 Å². The summed E-state index contributed by atoms with van der Waals surface area (Å²) in [5, 5.41) is 3.05. The molecule has 0 aliphatic rings. The van der Waals surface area contributed by atoms with Crippen molar-refractivity contribution < 1.29 is 9.53 Å². The highest BCUT2D eigenvalue weighted by atomic mass is 16.5. The molecule has 1 heterocycles. The van der Waals surface area contributed by atoms with Gasteiger partial charge in [0.2, 0.25) is 5.91 Å². The number of carbonyl (C=O) groups is 1. The van der Waals surface area contributed by atoms with E-state index >= 15 is 0 Å². The highest BCUT2D eigenvalue weighted by Crippen LogP contribution is 2.23. The number of fused-ring (bicyclic) bond motifs is 1. The third-order valence-corrected chi connectivity index (χ3v) is 5.77. The zero-order chi connectivity index (χ0) is 22.3. The fraction of sp³-hybridized carbons (Fsp3) is 0.259. The number of rotatable bonds is 9. The summed E-state index contributed by atoms with van der Waals surface area (Å²) in [4.78, 5) is 17.2. The molecule has 0 saturated heterocycles. The van der Waals surface area contributed by atoms with Gasteiger partial charge in [0.15, 0.2) is 0 Å². The van der Waals surface area contributed by atoms with Crippen molar-refractivity contribution in [2.45, 2.75) is 32.7 Å². The molecule has 4 aromatic rings. The minimum atomic E-state index is 0.0572. The molecule has 0 fully saturated rings. The smallest absolute Gasteiger partial charge is 0.224 e. The summed E-state index contributed by atoms with van der Waals surface area (Å²) in [5.41, 5.74) is 5.43. The van der Waals surface area contributed by atoms with Crippen LogP contribution in [-0.4, -0.2) is 29.1 Å². The summed E-state index contributed by atoms with van der Waals surface area (Å²) >= 11 is 0. The van der Waals surface area contributed by atoms with Gasteiger partial charge in [0.1, 0.15) is 11.6 Å². The van der Waals surface area contributed by atoms with E-state index in [0.29, 0.717) is 19.5 Å². The molecule has 1 N–H and O–H groups in total. The average Bonchev–Trinajstić information content (AvgIpc) is 3.16. The first kappa shape index (κ1) is 21.6. The standard InChI is InChI=1S/C27H29N3O2/c1-20-10-3-4-11-21(20)18-27(31)28-17-9-16-26-29-23-13-6-7-14-24(23)30(26)19-22-12-5-8-15-25(22)32-2/h3-8,10-15H,9,16-19H2,1-2H3,(H,28,31). The van der Waals surface area contributed by atoms with Crippen LogP contribution in [0.25, 0.3) is 11.0 Å². The highest BCUT2D eigenvalue weighted by Gasteiger charge is 2.13. The van der Waals surface area contributed by atoms with Crippen molar-refractivity contribution in [2.24, 2.45) is 0 Å². The molecular weight excluding hydrogens is 398 g/mol. The van der Waals surface area contributed by atoms with Gasteiger partial charge in [0.25, 0.3) is 0 Å². The molecular formula is C27H29N3O2. The predicted octanol–water partition coefficient (Wildman–Crippen LogP) is 4.69. The Labute approximate surface area is 189 Å². The van der Waals surface area contributed by atoms with Crippen LogP contribution in [0.15, 0.2) is 72.8 Å². The quantitative estimate of drug-likeness (QED) is 0.394. The number of nitrogens with one attached hydrogen (secondary N) is 1. The summed E-state index contributed by atoms with van der Waals surface area (Å²) in [6.45, 7) is 3.36. The number of hydrogen-bond acceptors (Lipinski definition) is 3. The minimum absolute atomic E-state index is 0.0572. The SMILES string of the molecule is COc1ccccc1Cn1c(CCCNC(=O)Cc2ccccc2C)nc2ccccc21. The Morgan fingerprint density at radius 3 is 2.50 bits per heavy atom. The van der Waals surface area contributed by atoms with Gasteiger partial charge in [-0.25, -0.2) is 4.98 Å². The van der Waals surface area contributed by atoms with Gasteiger partial charge >= 0.3 is 0 Å². The van der Waals surface area contributed by atoms with E-state index in [4.69, 9.17) is 9.72 Å². The summed E-state index contributed by atoms with van der Waals surface area (Å²) in [7, 11) is 1.70. The number of nitrogens with zero attached hydrogens (tertiary/aromatic N) is 2. The number of carbonyl (C=O) groups excluding carboxylic acids is 1. The Kier molecular flexibility index (Phi) is 6.85. The van der Waals surface area contributed by atoms with E-state index in [1.165, 1.54) is 0 Å². The molecule has 0 saturated carbocycles. The molecule has 4 rings (SSSR count). The van der Waals surface area contributed by atoms with Gasteiger partial charge in [-0.15, -0.1) is 0 Å². The third kappa shape index (κ3) is 4.99. The Balaban J connectivity index is 1.42. The molecule has 0 radical (unpaired) electrons. The van der Waals surface area contributed by atoms with Crippen LogP contribution in [0.5, 0.6) is 5.75 Å². The first-order valence-corrected chi connectivity index (χ1v) is 11.0. The second-order valence-corrected chi connectivity index (χ2v) is 7.97. The van der Waals surface area contributed by atoms with Crippen molar-refractivity contribution in [3.05, 3.63) is 95.3 Å². The maximum absolute atomic E-state index is 12.3. The van der Waals surface area contributed by atoms with Gasteiger partial charge in [-0.05, 0) is 42.7 Å². The van der Waals surface area contributed by atoms with Crippen molar-refractivity contribution in [1.29, 1.82) is 0 Å². The topological polar surface area (TPSA) is 56.1 Å². The number of aromatic nitrogens is 2. The van der Waals surface area contributed by atoms with Gasteiger partial charge in [-0.2, -0.15) is 0 Å². The van der Waals surface area contributed by atoms with Crippen LogP contribution in [0.4, 0.5) is 0 Å². The fourth-order valence-electron chi connectivity index (χ4n) is 4.01. The predicted molar refractivity (Wildman–Crippen MR) is 128 cm³/mol. The molecule has 1 amide bonds. The van der Waals surface area contributed by atoms with Gasteiger partial charge in [-0.3, -0.25) is 4.79 Å². The number of para-hydroxylation sites is 3. The van der Waals surface area contributed by atoms with Crippen molar-refractivity contribution in [3.8, 4) is 5.75 Å².